The van der Waals surface area contributed by atoms with E-state index in [2.05, 4.69) is 27.3 Å². The van der Waals surface area contributed by atoms with Crippen LogP contribution < -0.4 is 10.1 Å². The summed E-state index contributed by atoms with van der Waals surface area (Å²) in [6.07, 6.45) is 2.42. The van der Waals surface area contributed by atoms with E-state index in [4.69, 9.17) is 20.8 Å². The average molecular weight is 345 g/mol. The van der Waals surface area contributed by atoms with Gasteiger partial charge in [0.15, 0.2) is 5.22 Å². The number of halogens is 2. The van der Waals surface area contributed by atoms with E-state index in [0.29, 0.717) is 5.22 Å². The first-order chi connectivity index (χ1) is 9.15. The normalized spacial score (nSPS) is 12.4. The second-order valence-corrected chi connectivity index (χ2v) is 5.36. The summed E-state index contributed by atoms with van der Waals surface area (Å²) in [6, 6.07) is 8.05. The minimum absolute atomic E-state index is 0.117. The number of methoxy groups -OCH3 is 1. The zero-order valence-electron chi connectivity index (χ0n) is 10.7. The van der Waals surface area contributed by atoms with Crippen LogP contribution in [-0.4, -0.2) is 14.2 Å². The van der Waals surface area contributed by atoms with Gasteiger partial charge in [0, 0.05) is 11.6 Å². The third-order valence-electron chi connectivity index (χ3n) is 3.03. The quantitative estimate of drug-likeness (QED) is 0.882. The summed E-state index contributed by atoms with van der Waals surface area (Å²) in [5, 5.41) is 3.69. The van der Waals surface area contributed by atoms with Gasteiger partial charge in [0.05, 0.1) is 17.8 Å². The van der Waals surface area contributed by atoms with Gasteiger partial charge >= 0.3 is 0 Å². The average Bonchev–Trinajstić information content (AvgIpc) is 2.82. The molecule has 0 aliphatic heterocycles. The van der Waals surface area contributed by atoms with Crippen molar-refractivity contribution in [2.24, 2.45) is 0 Å². The summed E-state index contributed by atoms with van der Waals surface area (Å²) in [7, 11) is 3.56. The molecule has 2 rings (SSSR count). The van der Waals surface area contributed by atoms with Crippen molar-refractivity contribution in [3.05, 3.63) is 51.3 Å². The van der Waals surface area contributed by atoms with Gasteiger partial charge in [-0.3, -0.25) is 0 Å². The molecule has 0 aliphatic rings. The van der Waals surface area contributed by atoms with Crippen LogP contribution in [0, 0.1) is 0 Å². The molecule has 1 aromatic carbocycles. The van der Waals surface area contributed by atoms with E-state index in [0.717, 1.165) is 22.2 Å². The molecule has 1 aromatic heterocycles. The summed E-state index contributed by atoms with van der Waals surface area (Å²) >= 11 is 9.51. The Hall–Kier alpha value is -0.970. The predicted octanol–water partition coefficient (Wildman–Crippen LogP) is 4.21. The van der Waals surface area contributed by atoms with E-state index in [1.165, 1.54) is 5.56 Å². The first-order valence-electron chi connectivity index (χ1n) is 5.88. The molecule has 19 heavy (non-hydrogen) atoms. The lowest BCUT2D eigenvalue weighted by atomic mass is 10.0. The summed E-state index contributed by atoms with van der Waals surface area (Å²) in [6.45, 7) is 0. The zero-order chi connectivity index (χ0) is 13.8. The molecule has 0 spiro atoms. The predicted molar refractivity (Wildman–Crippen MR) is 79.9 cm³/mol. The highest BCUT2D eigenvalue weighted by molar-refractivity contribution is 9.10. The molecule has 1 atom stereocenters. The van der Waals surface area contributed by atoms with E-state index < -0.39 is 0 Å². The molecule has 5 heteroatoms. The first-order valence-corrected chi connectivity index (χ1v) is 7.05. The summed E-state index contributed by atoms with van der Waals surface area (Å²) < 4.78 is 11.3. The molecule has 0 saturated carbocycles. The Morgan fingerprint density at radius 1 is 1.42 bits per heavy atom. The van der Waals surface area contributed by atoms with Crippen molar-refractivity contribution in [1.82, 2.24) is 5.32 Å². The topological polar surface area (TPSA) is 34.4 Å². The third kappa shape index (κ3) is 3.32. The molecule has 0 radical (unpaired) electrons. The molecule has 0 fully saturated rings. The molecule has 0 bridgehead atoms. The smallest absolute Gasteiger partial charge is 0.197 e. The highest BCUT2D eigenvalue weighted by atomic mass is 79.9. The maximum atomic E-state index is 6.02. The van der Waals surface area contributed by atoms with Gasteiger partial charge in [-0.25, -0.2) is 0 Å². The lowest BCUT2D eigenvalue weighted by Crippen LogP contribution is -2.18. The molecule has 0 amide bonds. The largest absolute Gasteiger partial charge is 0.496 e. The number of benzene rings is 1. The second kappa shape index (κ2) is 6.46. The standard InChI is InChI=1S/C14H15BrClNO2/c1-17-12(10-5-6-19-14(10)16)8-9-3-4-13(18-2)11(15)7-9/h3-7,12,17H,8H2,1-2H3. The summed E-state index contributed by atoms with van der Waals surface area (Å²) in [5.41, 5.74) is 2.15. The van der Waals surface area contributed by atoms with Crippen LogP contribution in [0.1, 0.15) is 17.2 Å². The fraction of sp³-hybridized carbons (Fsp3) is 0.286. The molecular weight excluding hydrogens is 330 g/mol. The van der Waals surface area contributed by atoms with Crippen LogP contribution in [0.15, 0.2) is 39.4 Å². The molecule has 0 saturated heterocycles. The van der Waals surface area contributed by atoms with Gasteiger partial charge in [-0.1, -0.05) is 6.07 Å². The number of furan rings is 1. The van der Waals surface area contributed by atoms with E-state index in [1.54, 1.807) is 13.4 Å². The number of nitrogens with one attached hydrogen (secondary N) is 1. The molecule has 1 N–H and O–H groups in total. The highest BCUT2D eigenvalue weighted by Gasteiger charge is 2.16. The van der Waals surface area contributed by atoms with Crippen molar-refractivity contribution < 1.29 is 9.15 Å². The van der Waals surface area contributed by atoms with E-state index in [9.17, 15) is 0 Å². The lowest BCUT2D eigenvalue weighted by molar-refractivity contribution is 0.412. The number of hydrogen-bond acceptors (Lipinski definition) is 3. The Kier molecular flexibility index (Phi) is 4.91. The zero-order valence-corrected chi connectivity index (χ0v) is 13.1. The van der Waals surface area contributed by atoms with Gasteiger partial charge in [0.2, 0.25) is 0 Å². The van der Waals surface area contributed by atoms with Crippen LogP contribution in [0.4, 0.5) is 0 Å². The highest BCUT2D eigenvalue weighted by Crippen LogP contribution is 2.30. The summed E-state index contributed by atoms with van der Waals surface area (Å²) in [4.78, 5) is 0. The Bertz CT molecular complexity index is 556. The first kappa shape index (κ1) is 14.4. The van der Waals surface area contributed by atoms with E-state index in [1.807, 2.05) is 25.2 Å². The summed E-state index contributed by atoms with van der Waals surface area (Å²) in [5.74, 6) is 0.825. The maximum absolute atomic E-state index is 6.02. The third-order valence-corrected chi connectivity index (χ3v) is 3.95. The fourth-order valence-corrected chi connectivity index (χ4v) is 2.83. The molecule has 1 heterocycles. The lowest BCUT2D eigenvalue weighted by Gasteiger charge is -2.15. The van der Waals surface area contributed by atoms with Crippen LogP contribution >= 0.6 is 27.5 Å². The molecule has 1 unspecified atom stereocenters. The van der Waals surface area contributed by atoms with Crippen LogP contribution in [-0.2, 0) is 6.42 Å². The van der Waals surface area contributed by atoms with Crippen molar-refractivity contribution in [3.63, 3.8) is 0 Å². The van der Waals surface area contributed by atoms with E-state index in [-0.39, 0.29) is 6.04 Å². The Morgan fingerprint density at radius 3 is 2.74 bits per heavy atom. The maximum Gasteiger partial charge on any atom is 0.197 e. The second-order valence-electron chi connectivity index (χ2n) is 4.16. The Labute approximate surface area is 126 Å². The Morgan fingerprint density at radius 2 is 2.21 bits per heavy atom. The van der Waals surface area contributed by atoms with Crippen LogP contribution in [0.25, 0.3) is 0 Å². The monoisotopic (exact) mass is 343 g/mol. The van der Waals surface area contributed by atoms with Gasteiger partial charge in [-0.05, 0) is 64.8 Å². The van der Waals surface area contributed by atoms with Crippen LogP contribution in [0.2, 0.25) is 5.22 Å². The molecule has 3 nitrogen and oxygen atoms in total. The van der Waals surface area contributed by atoms with Crippen molar-refractivity contribution in [2.45, 2.75) is 12.5 Å². The molecule has 102 valence electrons. The van der Waals surface area contributed by atoms with Gasteiger partial charge in [-0.15, -0.1) is 0 Å². The van der Waals surface area contributed by atoms with Crippen molar-refractivity contribution in [1.29, 1.82) is 0 Å². The van der Waals surface area contributed by atoms with Crippen molar-refractivity contribution in [3.8, 4) is 5.75 Å². The number of rotatable bonds is 5. The fourth-order valence-electron chi connectivity index (χ4n) is 1.99. The molecule has 2 aromatic rings. The van der Waals surface area contributed by atoms with Crippen LogP contribution in [0.3, 0.4) is 0 Å². The Balaban J connectivity index is 2.19. The van der Waals surface area contributed by atoms with Crippen molar-refractivity contribution in [2.75, 3.05) is 14.2 Å². The van der Waals surface area contributed by atoms with Gasteiger partial charge in [0.25, 0.3) is 0 Å². The SMILES string of the molecule is CNC(Cc1ccc(OC)c(Br)c1)c1ccoc1Cl. The number of ether oxygens (including phenoxy) is 1. The minimum Gasteiger partial charge on any atom is -0.496 e. The van der Waals surface area contributed by atoms with Crippen LogP contribution in [0.5, 0.6) is 5.75 Å². The minimum atomic E-state index is 0.117. The van der Waals surface area contributed by atoms with Gasteiger partial charge in [-0.2, -0.15) is 0 Å². The number of hydrogen-bond donors (Lipinski definition) is 1. The van der Waals surface area contributed by atoms with Gasteiger partial charge < -0.3 is 14.5 Å². The van der Waals surface area contributed by atoms with Crippen molar-refractivity contribution >= 4 is 27.5 Å². The van der Waals surface area contributed by atoms with E-state index >= 15 is 0 Å². The molecular formula is C14H15BrClNO2. The van der Waals surface area contributed by atoms with Gasteiger partial charge in [0.1, 0.15) is 5.75 Å². The molecule has 0 aliphatic carbocycles. The number of likely N-dealkylation sites (N-methyl/N-ethyl adjacent to an activating group) is 1.